The molecule has 1 aromatic rings. The van der Waals surface area contributed by atoms with Crippen molar-refractivity contribution in [1.29, 1.82) is 0 Å². The molecule has 3 rings (SSSR count). The fraction of sp³-hybridized carbons (Fsp3) is 0.667. The Morgan fingerprint density at radius 2 is 1.85 bits per heavy atom. The largest absolute Gasteiger partial charge is 0.395 e. The van der Waals surface area contributed by atoms with E-state index in [0.29, 0.717) is 6.04 Å². The summed E-state index contributed by atoms with van der Waals surface area (Å²) in [5.41, 5.74) is 1.36. The molecule has 0 bridgehead atoms. The number of aliphatic hydroxyl groups is 1. The highest BCUT2D eigenvalue weighted by molar-refractivity contribution is 5.75. The van der Waals surface area contributed by atoms with Gasteiger partial charge in [0.25, 0.3) is 0 Å². The summed E-state index contributed by atoms with van der Waals surface area (Å²) in [6.45, 7) is 3.77. The van der Waals surface area contributed by atoms with Crippen molar-refractivity contribution >= 4 is 6.03 Å². The van der Waals surface area contributed by atoms with Crippen molar-refractivity contribution in [2.45, 2.75) is 57.0 Å². The van der Waals surface area contributed by atoms with E-state index in [-0.39, 0.29) is 18.7 Å². The molecule has 1 aromatic carbocycles. The monoisotopic (exact) mass is 359 g/mol. The van der Waals surface area contributed by atoms with Crippen molar-refractivity contribution in [1.82, 2.24) is 15.1 Å². The molecule has 0 unspecified atom stereocenters. The van der Waals surface area contributed by atoms with Gasteiger partial charge in [0.15, 0.2) is 0 Å². The van der Waals surface area contributed by atoms with Crippen molar-refractivity contribution in [3.05, 3.63) is 35.9 Å². The van der Waals surface area contributed by atoms with Crippen LogP contribution in [0.1, 0.15) is 44.1 Å². The Balaban J connectivity index is 1.48. The Labute approximate surface area is 157 Å². The van der Waals surface area contributed by atoms with Crippen LogP contribution in [0.2, 0.25) is 0 Å². The fourth-order valence-electron chi connectivity index (χ4n) is 4.25. The van der Waals surface area contributed by atoms with E-state index in [4.69, 9.17) is 5.11 Å². The minimum absolute atomic E-state index is 0.128. The molecule has 1 atom stereocenters. The van der Waals surface area contributed by atoms with Gasteiger partial charge in [-0.25, -0.2) is 4.79 Å². The molecule has 0 saturated carbocycles. The summed E-state index contributed by atoms with van der Waals surface area (Å²) >= 11 is 0. The molecule has 5 nitrogen and oxygen atoms in total. The maximum absolute atomic E-state index is 12.9. The van der Waals surface area contributed by atoms with Crippen LogP contribution in [-0.2, 0) is 6.42 Å². The molecule has 0 aromatic heterocycles. The number of rotatable bonds is 6. The topological polar surface area (TPSA) is 55.8 Å². The molecule has 2 N–H and O–H groups in total. The number of carbonyl (C=O) groups excluding carboxylic acids is 1. The molecule has 144 valence electrons. The zero-order valence-electron chi connectivity index (χ0n) is 15.8. The first kappa shape index (κ1) is 19.2. The summed E-state index contributed by atoms with van der Waals surface area (Å²) in [5.74, 6) is 0. The predicted molar refractivity (Wildman–Crippen MR) is 104 cm³/mol. The molecule has 0 spiro atoms. The van der Waals surface area contributed by atoms with Crippen molar-refractivity contribution in [2.75, 3.05) is 32.8 Å². The number of piperidine rings is 2. The van der Waals surface area contributed by atoms with Crippen LogP contribution < -0.4 is 5.32 Å². The van der Waals surface area contributed by atoms with Gasteiger partial charge in [0.1, 0.15) is 0 Å². The van der Waals surface area contributed by atoms with Crippen LogP contribution in [0.25, 0.3) is 0 Å². The highest BCUT2D eigenvalue weighted by Crippen LogP contribution is 2.22. The van der Waals surface area contributed by atoms with E-state index < -0.39 is 0 Å². The number of nitrogens with one attached hydrogen (secondary N) is 1. The van der Waals surface area contributed by atoms with Crippen molar-refractivity contribution in [2.24, 2.45) is 0 Å². The summed E-state index contributed by atoms with van der Waals surface area (Å²) in [4.78, 5) is 17.2. The summed E-state index contributed by atoms with van der Waals surface area (Å²) < 4.78 is 0. The van der Waals surface area contributed by atoms with Gasteiger partial charge in [-0.1, -0.05) is 30.3 Å². The number of hydrogen-bond donors (Lipinski definition) is 2. The van der Waals surface area contributed by atoms with Crippen LogP contribution in [0.15, 0.2) is 30.3 Å². The van der Waals surface area contributed by atoms with E-state index >= 15 is 0 Å². The number of aliphatic hydroxyl groups excluding tert-OH is 1. The van der Waals surface area contributed by atoms with Crippen LogP contribution >= 0.6 is 0 Å². The van der Waals surface area contributed by atoms with E-state index in [0.717, 1.165) is 64.7 Å². The second-order valence-electron chi connectivity index (χ2n) is 7.66. The second-order valence-corrected chi connectivity index (χ2v) is 7.66. The number of amides is 2. The van der Waals surface area contributed by atoms with Crippen LogP contribution in [0.3, 0.4) is 0 Å². The lowest BCUT2D eigenvalue weighted by Gasteiger charge is -2.38. The van der Waals surface area contributed by atoms with E-state index in [1.165, 1.54) is 12.0 Å². The number of nitrogens with zero attached hydrogens (tertiary/aromatic N) is 2. The van der Waals surface area contributed by atoms with Crippen molar-refractivity contribution < 1.29 is 9.90 Å². The van der Waals surface area contributed by atoms with Gasteiger partial charge >= 0.3 is 6.03 Å². The van der Waals surface area contributed by atoms with Crippen LogP contribution in [0, 0.1) is 0 Å². The molecule has 2 heterocycles. The third-order valence-corrected chi connectivity index (χ3v) is 5.83. The standard InChI is InChI=1S/C21H33N3O2/c25-17-16-23-14-11-19(12-15-23)22-21(26)24-13-5-4-8-20(24)10-9-18-6-2-1-3-7-18/h1-3,6-7,19-20,25H,4-5,8-17H2,(H,22,26)/t20-/m1/s1. The first-order valence-corrected chi connectivity index (χ1v) is 10.2. The van der Waals surface area contributed by atoms with E-state index in [9.17, 15) is 4.79 Å². The van der Waals surface area contributed by atoms with Crippen LogP contribution in [0.5, 0.6) is 0 Å². The fourth-order valence-corrected chi connectivity index (χ4v) is 4.25. The van der Waals surface area contributed by atoms with Crippen molar-refractivity contribution in [3.8, 4) is 0 Å². The zero-order valence-corrected chi connectivity index (χ0v) is 15.8. The Kier molecular flexibility index (Phi) is 7.32. The number of benzene rings is 1. The Morgan fingerprint density at radius 3 is 2.58 bits per heavy atom. The molecule has 2 fully saturated rings. The lowest BCUT2D eigenvalue weighted by molar-refractivity contribution is 0.130. The maximum Gasteiger partial charge on any atom is 0.317 e. The molecule has 0 radical (unpaired) electrons. The average Bonchev–Trinajstić information content (AvgIpc) is 2.69. The molecular formula is C21H33N3O2. The Morgan fingerprint density at radius 1 is 1.08 bits per heavy atom. The normalized spacial score (nSPS) is 22.3. The summed E-state index contributed by atoms with van der Waals surface area (Å²) in [6, 6.07) is 11.3. The quantitative estimate of drug-likeness (QED) is 0.821. The molecule has 0 aliphatic carbocycles. The van der Waals surface area contributed by atoms with Gasteiger partial charge in [0, 0.05) is 38.3 Å². The maximum atomic E-state index is 12.9. The van der Waals surface area contributed by atoms with Gasteiger partial charge in [-0.3, -0.25) is 0 Å². The van der Waals surface area contributed by atoms with E-state index in [2.05, 4.69) is 45.4 Å². The van der Waals surface area contributed by atoms with Gasteiger partial charge in [-0.15, -0.1) is 0 Å². The third kappa shape index (κ3) is 5.45. The Hall–Kier alpha value is -1.59. The summed E-state index contributed by atoms with van der Waals surface area (Å²) in [6.07, 6.45) is 7.51. The molecule has 2 aliphatic rings. The smallest absolute Gasteiger partial charge is 0.317 e. The molecule has 2 saturated heterocycles. The summed E-state index contributed by atoms with van der Waals surface area (Å²) in [5, 5.41) is 12.3. The number of carbonyl (C=O) groups is 1. The highest BCUT2D eigenvalue weighted by Gasteiger charge is 2.28. The minimum atomic E-state index is 0.128. The number of hydrogen-bond acceptors (Lipinski definition) is 3. The van der Waals surface area contributed by atoms with Crippen LogP contribution in [0.4, 0.5) is 4.79 Å². The zero-order chi connectivity index (χ0) is 18.2. The van der Waals surface area contributed by atoms with Gasteiger partial charge < -0.3 is 20.2 Å². The SMILES string of the molecule is O=C(NC1CCN(CCO)CC1)N1CCCC[C@@H]1CCc1ccccc1. The second kappa shape index (κ2) is 9.93. The Bertz CT molecular complexity index is 543. The number of aryl methyl sites for hydroxylation is 1. The number of likely N-dealkylation sites (tertiary alicyclic amines) is 2. The van der Waals surface area contributed by atoms with E-state index in [1.807, 2.05) is 0 Å². The molecule has 5 heteroatoms. The molecule has 2 amide bonds. The molecule has 2 aliphatic heterocycles. The van der Waals surface area contributed by atoms with Crippen LogP contribution in [-0.4, -0.2) is 65.8 Å². The number of urea groups is 1. The predicted octanol–water partition coefficient (Wildman–Crippen LogP) is 2.64. The lowest BCUT2D eigenvalue weighted by atomic mass is 9.96. The van der Waals surface area contributed by atoms with Gasteiger partial charge in [-0.05, 0) is 50.5 Å². The molecular weight excluding hydrogens is 326 g/mol. The van der Waals surface area contributed by atoms with Crippen molar-refractivity contribution in [3.63, 3.8) is 0 Å². The van der Waals surface area contributed by atoms with Gasteiger partial charge in [-0.2, -0.15) is 0 Å². The van der Waals surface area contributed by atoms with E-state index in [1.54, 1.807) is 0 Å². The minimum Gasteiger partial charge on any atom is -0.395 e. The highest BCUT2D eigenvalue weighted by atomic mass is 16.3. The first-order valence-electron chi connectivity index (χ1n) is 10.2. The first-order chi connectivity index (χ1) is 12.8. The average molecular weight is 360 g/mol. The van der Waals surface area contributed by atoms with Gasteiger partial charge in [0.2, 0.25) is 0 Å². The number of β-amino-alcohol motifs (C(OH)–C–C–N with tert-alkyl or cyclic N) is 1. The molecule has 26 heavy (non-hydrogen) atoms. The lowest BCUT2D eigenvalue weighted by Crippen LogP contribution is -2.53. The van der Waals surface area contributed by atoms with Gasteiger partial charge in [0.05, 0.1) is 6.61 Å². The third-order valence-electron chi connectivity index (χ3n) is 5.83. The summed E-state index contributed by atoms with van der Waals surface area (Å²) in [7, 11) is 0.